The number of rotatable bonds is 0. The fourth-order valence-electron chi connectivity index (χ4n) is 0.346. The van der Waals surface area contributed by atoms with E-state index in [0.717, 1.165) is 4.36 Å². The van der Waals surface area contributed by atoms with Crippen LogP contribution in [0.1, 0.15) is 0 Å². The lowest BCUT2D eigenvalue weighted by atomic mass is 11.0. The molecule has 1 heterocycles. The summed E-state index contributed by atoms with van der Waals surface area (Å²) in [6, 6.07) is 0. The van der Waals surface area contributed by atoms with Gasteiger partial charge >= 0.3 is 0 Å². The summed E-state index contributed by atoms with van der Waals surface area (Å²) in [4.78, 5) is 0. The second kappa shape index (κ2) is 2.90. The smallest absolute Gasteiger partial charge is 0.0798 e. The molecular weight excluding hydrogens is 148 g/mol. The lowest BCUT2D eigenvalue weighted by Gasteiger charge is -2.02. The van der Waals surface area contributed by atoms with Crippen molar-refractivity contribution in [1.29, 1.82) is 0 Å². The van der Waals surface area contributed by atoms with E-state index in [2.05, 4.69) is 0 Å². The van der Waals surface area contributed by atoms with Crippen LogP contribution in [0.25, 0.3) is 0 Å². The molecule has 0 aromatic heterocycles. The van der Waals surface area contributed by atoms with Gasteiger partial charge in [-0.2, -0.15) is 0 Å². The average Bonchev–Trinajstić information content (AvgIpc) is 1.69. The van der Waals surface area contributed by atoms with Gasteiger partial charge in [-0.3, -0.25) is 0 Å². The fourth-order valence-corrected chi connectivity index (χ4v) is 2.40. The molecule has 0 spiro atoms. The maximum absolute atomic E-state index is 5.62. The van der Waals surface area contributed by atoms with Crippen LogP contribution in [0.4, 0.5) is 0 Å². The molecule has 0 saturated heterocycles. The minimum absolute atomic E-state index is 0.941. The van der Waals surface area contributed by atoms with Crippen LogP contribution in [-0.4, -0.2) is 11.5 Å². The molecule has 1 aliphatic rings. The molecule has 0 amide bonds. The minimum Gasteiger partial charge on any atom is -0.131 e. The zero-order chi connectivity index (χ0) is 5.11. The molecule has 0 aromatic rings. The van der Waals surface area contributed by atoms with Crippen molar-refractivity contribution in [2.45, 2.75) is 0 Å². The Hall–Kier alpha value is 0.730. The molecule has 0 aromatic carbocycles. The van der Waals surface area contributed by atoms with Crippen molar-refractivity contribution < 1.29 is 0 Å². The SMILES string of the molecule is ClC1=CSCCS1. The molecule has 1 aliphatic heterocycles. The Labute approximate surface area is 56.7 Å². The highest BCUT2D eigenvalue weighted by Crippen LogP contribution is 2.28. The summed E-state index contributed by atoms with van der Waals surface area (Å²) in [7, 11) is 0. The van der Waals surface area contributed by atoms with E-state index in [-0.39, 0.29) is 0 Å². The van der Waals surface area contributed by atoms with Gasteiger partial charge in [0.05, 0.1) is 4.36 Å². The summed E-state index contributed by atoms with van der Waals surface area (Å²) < 4.78 is 0.941. The summed E-state index contributed by atoms with van der Waals surface area (Å²) in [5, 5.41) is 2.00. The van der Waals surface area contributed by atoms with E-state index >= 15 is 0 Å². The highest BCUT2D eigenvalue weighted by atomic mass is 35.5. The Kier molecular flexibility index (Phi) is 2.43. The van der Waals surface area contributed by atoms with Crippen molar-refractivity contribution in [2.24, 2.45) is 0 Å². The predicted octanol–water partition coefficient (Wildman–Crippen LogP) is 2.50. The van der Waals surface area contributed by atoms with Crippen molar-refractivity contribution in [3.05, 3.63) is 9.77 Å². The van der Waals surface area contributed by atoms with Crippen LogP contribution in [-0.2, 0) is 0 Å². The molecule has 3 heteroatoms. The van der Waals surface area contributed by atoms with Gasteiger partial charge in [-0.1, -0.05) is 11.6 Å². The molecule has 40 valence electrons. The van der Waals surface area contributed by atoms with Crippen LogP contribution in [0.2, 0.25) is 0 Å². The largest absolute Gasteiger partial charge is 0.131 e. The molecule has 0 aliphatic carbocycles. The van der Waals surface area contributed by atoms with Crippen LogP contribution in [0.15, 0.2) is 9.77 Å². The Bertz CT molecular complexity index is 89.7. The van der Waals surface area contributed by atoms with Gasteiger partial charge < -0.3 is 0 Å². The molecule has 0 radical (unpaired) electrons. The molecule has 0 atom stereocenters. The minimum atomic E-state index is 0.941. The predicted molar refractivity (Wildman–Crippen MR) is 38.9 cm³/mol. The van der Waals surface area contributed by atoms with E-state index in [9.17, 15) is 0 Å². The molecule has 1 rings (SSSR count). The summed E-state index contributed by atoms with van der Waals surface area (Å²) in [6.07, 6.45) is 0. The van der Waals surface area contributed by atoms with E-state index in [1.54, 1.807) is 23.5 Å². The van der Waals surface area contributed by atoms with Gasteiger partial charge in [0, 0.05) is 11.5 Å². The van der Waals surface area contributed by atoms with Gasteiger partial charge in [0.1, 0.15) is 0 Å². The lowest BCUT2D eigenvalue weighted by Crippen LogP contribution is -1.84. The van der Waals surface area contributed by atoms with Gasteiger partial charge in [0.15, 0.2) is 0 Å². The Balaban J connectivity index is 2.40. The van der Waals surface area contributed by atoms with E-state index in [1.807, 2.05) is 5.41 Å². The van der Waals surface area contributed by atoms with Crippen molar-refractivity contribution in [3.8, 4) is 0 Å². The fraction of sp³-hybridized carbons (Fsp3) is 0.500. The first kappa shape index (κ1) is 5.86. The molecule has 0 N–H and O–H groups in total. The van der Waals surface area contributed by atoms with Crippen LogP contribution in [0.3, 0.4) is 0 Å². The first-order chi connectivity index (χ1) is 3.39. The maximum Gasteiger partial charge on any atom is 0.0798 e. The monoisotopic (exact) mass is 152 g/mol. The van der Waals surface area contributed by atoms with Crippen LogP contribution < -0.4 is 0 Å². The standard InChI is InChI=1S/C4H5ClS2/c5-4-3-6-1-2-7-4/h3H,1-2H2. The molecule has 0 nitrogen and oxygen atoms in total. The average molecular weight is 153 g/mol. The molecule has 0 unspecified atom stereocenters. The van der Waals surface area contributed by atoms with E-state index in [1.165, 1.54) is 11.5 Å². The van der Waals surface area contributed by atoms with E-state index in [0.29, 0.717) is 0 Å². The second-order valence-corrected chi connectivity index (χ2v) is 3.89. The normalized spacial score (nSPS) is 21.6. The van der Waals surface area contributed by atoms with Crippen molar-refractivity contribution in [2.75, 3.05) is 11.5 Å². The van der Waals surface area contributed by atoms with E-state index in [4.69, 9.17) is 11.6 Å². The van der Waals surface area contributed by atoms with E-state index < -0.39 is 0 Å². The highest BCUT2D eigenvalue weighted by Gasteiger charge is 1.98. The molecular formula is C4H5ClS2. The topological polar surface area (TPSA) is 0 Å². The number of thioether (sulfide) groups is 2. The lowest BCUT2D eigenvalue weighted by molar-refractivity contribution is 1.56. The Morgan fingerprint density at radius 3 is 2.71 bits per heavy atom. The summed E-state index contributed by atoms with van der Waals surface area (Å²) in [5.41, 5.74) is 0. The third kappa shape index (κ3) is 1.98. The van der Waals surface area contributed by atoms with Gasteiger partial charge in [-0.25, -0.2) is 0 Å². The first-order valence-corrected chi connectivity index (χ1v) is 4.41. The van der Waals surface area contributed by atoms with Gasteiger partial charge in [-0.15, -0.1) is 23.5 Å². The van der Waals surface area contributed by atoms with Crippen LogP contribution >= 0.6 is 35.1 Å². The zero-order valence-electron chi connectivity index (χ0n) is 3.69. The van der Waals surface area contributed by atoms with Crippen molar-refractivity contribution in [1.82, 2.24) is 0 Å². The Morgan fingerprint density at radius 1 is 1.57 bits per heavy atom. The van der Waals surface area contributed by atoms with Crippen molar-refractivity contribution in [3.63, 3.8) is 0 Å². The van der Waals surface area contributed by atoms with Gasteiger partial charge in [0.2, 0.25) is 0 Å². The number of hydrogen-bond acceptors (Lipinski definition) is 2. The maximum atomic E-state index is 5.62. The number of hydrogen-bond donors (Lipinski definition) is 0. The van der Waals surface area contributed by atoms with Crippen LogP contribution in [0, 0.1) is 0 Å². The van der Waals surface area contributed by atoms with Gasteiger partial charge in [0.25, 0.3) is 0 Å². The highest BCUT2D eigenvalue weighted by molar-refractivity contribution is 8.10. The quantitative estimate of drug-likeness (QED) is 0.523. The Morgan fingerprint density at radius 2 is 2.43 bits per heavy atom. The molecule has 0 saturated carbocycles. The third-order valence-corrected chi connectivity index (χ3v) is 3.23. The third-order valence-electron chi connectivity index (χ3n) is 0.617. The first-order valence-electron chi connectivity index (χ1n) is 1.99. The summed E-state index contributed by atoms with van der Waals surface area (Å²) in [6.45, 7) is 0. The van der Waals surface area contributed by atoms with Gasteiger partial charge in [-0.05, 0) is 5.41 Å². The molecule has 0 fully saturated rings. The molecule has 0 bridgehead atoms. The summed E-state index contributed by atoms with van der Waals surface area (Å²) in [5.74, 6) is 2.38. The van der Waals surface area contributed by atoms with Crippen LogP contribution in [0.5, 0.6) is 0 Å². The summed E-state index contributed by atoms with van der Waals surface area (Å²) >= 11 is 9.13. The van der Waals surface area contributed by atoms with Crippen molar-refractivity contribution >= 4 is 35.1 Å². The zero-order valence-corrected chi connectivity index (χ0v) is 6.07. The number of halogens is 1. The second-order valence-electron chi connectivity index (χ2n) is 1.14. The molecule has 7 heavy (non-hydrogen) atoms.